The second-order valence-corrected chi connectivity index (χ2v) is 6.56. The van der Waals surface area contributed by atoms with Gasteiger partial charge in [-0.25, -0.2) is 0 Å². The van der Waals surface area contributed by atoms with Crippen LogP contribution in [-0.2, 0) is 9.53 Å². The van der Waals surface area contributed by atoms with Crippen molar-refractivity contribution in [1.29, 1.82) is 0 Å². The number of nitrogens with zero attached hydrogens (tertiary/aromatic N) is 4. The Labute approximate surface area is 147 Å². The fraction of sp³-hybridized carbons (Fsp3) is 0.500. The molecule has 1 aliphatic rings. The van der Waals surface area contributed by atoms with E-state index >= 15 is 0 Å². The summed E-state index contributed by atoms with van der Waals surface area (Å²) < 4.78 is 10.8. The third kappa shape index (κ3) is 3.57. The van der Waals surface area contributed by atoms with Gasteiger partial charge >= 0.3 is 0 Å². The molecule has 3 rings (SSSR count). The number of methoxy groups -OCH3 is 1. The largest absolute Gasteiger partial charge is 0.380 e. The number of likely N-dealkylation sites (N-methyl/N-ethyl adjacent to an activating group) is 1. The maximum absolute atomic E-state index is 13.4. The van der Waals surface area contributed by atoms with Crippen LogP contribution in [0.3, 0.4) is 0 Å². The molecular formula is C18H24N4O3. The molecule has 25 heavy (non-hydrogen) atoms. The summed E-state index contributed by atoms with van der Waals surface area (Å²) in [5.74, 6) is 1.04. The zero-order valence-electron chi connectivity index (χ0n) is 15.0. The van der Waals surface area contributed by atoms with Crippen LogP contribution in [0.5, 0.6) is 0 Å². The first kappa shape index (κ1) is 17.6. The average Bonchev–Trinajstić information content (AvgIpc) is 3.21. The summed E-state index contributed by atoms with van der Waals surface area (Å²) in [4.78, 5) is 21.4. The summed E-state index contributed by atoms with van der Waals surface area (Å²) in [6.07, 6.45) is 0.610. The highest BCUT2D eigenvalue weighted by Crippen LogP contribution is 2.35. The van der Waals surface area contributed by atoms with Crippen LogP contribution < -0.4 is 0 Å². The zero-order chi connectivity index (χ0) is 18.0. The first-order valence-corrected chi connectivity index (χ1v) is 8.36. The van der Waals surface area contributed by atoms with Crippen molar-refractivity contribution in [3.63, 3.8) is 0 Å². The molecule has 3 atom stereocenters. The number of aryl methyl sites for hydroxylation is 1. The molecule has 0 bridgehead atoms. The van der Waals surface area contributed by atoms with E-state index in [0.717, 1.165) is 5.56 Å². The van der Waals surface area contributed by atoms with Crippen LogP contribution in [0.2, 0.25) is 0 Å². The van der Waals surface area contributed by atoms with E-state index in [0.29, 0.717) is 24.7 Å². The topological polar surface area (TPSA) is 71.7 Å². The second-order valence-electron chi connectivity index (χ2n) is 6.56. The summed E-state index contributed by atoms with van der Waals surface area (Å²) in [5.41, 5.74) is 0.957. The van der Waals surface area contributed by atoms with Crippen LogP contribution in [0, 0.1) is 6.92 Å². The number of carbonyl (C=O) groups is 1. The minimum atomic E-state index is -0.372. The van der Waals surface area contributed by atoms with Crippen molar-refractivity contribution in [1.82, 2.24) is 19.9 Å². The summed E-state index contributed by atoms with van der Waals surface area (Å²) in [6, 6.07) is 9.14. The molecule has 1 saturated heterocycles. The molecule has 1 aromatic heterocycles. The standard InChI is InChI=1S/C18H24N4O3/c1-12-19-17(25-20-12)15-10-14(24-4)11-22(15)18(23)16(21(2)3)13-8-6-5-7-9-13/h5-9,14-16H,10-11H2,1-4H3/t14-,15+,16+/m0/s1. The number of aromatic nitrogens is 2. The van der Waals surface area contributed by atoms with Crippen molar-refractivity contribution in [3.05, 3.63) is 47.6 Å². The maximum Gasteiger partial charge on any atom is 0.249 e. The van der Waals surface area contributed by atoms with Gasteiger partial charge in [0, 0.05) is 20.1 Å². The average molecular weight is 344 g/mol. The predicted molar refractivity (Wildman–Crippen MR) is 91.8 cm³/mol. The molecule has 2 heterocycles. The molecule has 7 nitrogen and oxygen atoms in total. The van der Waals surface area contributed by atoms with Crippen LogP contribution in [0.4, 0.5) is 0 Å². The van der Waals surface area contributed by atoms with E-state index in [2.05, 4.69) is 10.1 Å². The van der Waals surface area contributed by atoms with Gasteiger partial charge in [-0.1, -0.05) is 35.5 Å². The molecular weight excluding hydrogens is 320 g/mol. The van der Waals surface area contributed by atoms with Crippen LogP contribution in [-0.4, -0.2) is 59.7 Å². The first-order chi connectivity index (χ1) is 12.0. The van der Waals surface area contributed by atoms with Crippen LogP contribution >= 0.6 is 0 Å². The Bertz CT molecular complexity index is 716. The maximum atomic E-state index is 13.4. The van der Waals surface area contributed by atoms with Gasteiger partial charge in [-0.15, -0.1) is 0 Å². The molecule has 0 N–H and O–H groups in total. The lowest BCUT2D eigenvalue weighted by atomic mass is 10.0. The van der Waals surface area contributed by atoms with Crippen molar-refractivity contribution in [2.45, 2.75) is 31.5 Å². The molecule has 1 fully saturated rings. The second kappa shape index (κ2) is 7.33. The minimum Gasteiger partial charge on any atom is -0.380 e. The van der Waals surface area contributed by atoms with Gasteiger partial charge in [0.15, 0.2) is 5.82 Å². The quantitative estimate of drug-likeness (QED) is 0.826. The molecule has 0 radical (unpaired) electrons. The Morgan fingerprint density at radius 1 is 1.36 bits per heavy atom. The molecule has 0 aliphatic carbocycles. The first-order valence-electron chi connectivity index (χ1n) is 8.36. The Hall–Kier alpha value is -2.25. The zero-order valence-corrected chi connectivity index (χ0v) is 15.0. The molecule has 1 amide bonds. The number of benzene rings is 1. The number of rotatable bonds is 5. The highest BCUT2D eigenvalue weighted by Gasteiger charge is 2.42. The van der Waals surface area contributed by atoms with Gasteiger partial charge in [0.1, 0.15) is 12.1 Å². The van der Waals surface area contributed by atoms with Gasteiger partial charge in [-0.2, -0.15) is 4.98 Å². The van der Waals surface area contributed by atoms with Crippen molar-refractivity contribution in [2.24, 2.45) is 0 Å². The Morgan fingerprint density at radius 3 is 2.64 bits per heavy atom. The molecule has 0 unspecified atom stereocenters. The van der Waals surface area contributed by atoms with E-state index in [-0.39, 0.29) is 24.1 Å². The number of ether oxygens (including phenoxy) is 1. The smallest absolute Gasteiger partial charge is 0.249 e. The fourth-order valence-corrected chi connectivity index (χ4v) is 3.35. The molecule has 1 aliphatic heterocycles. The fourth-order valence-electron chi connectivity index (χ4n) is 3.35. The van der Waals surface area contributed by atoms with Crippen LogP contribution in [0.1, 0.15) is 35.8 Å². The van der Waals surface area contributed by atoms with Gasteiger partial charge in [0.25, 0.3) is 0 Å². The minimum absolute atomic E-state index is 0.0107. The number of hydrogen-bond acceptors (Lipinski definition) is 6. The third-order valence-electron chi connectivity index (χ3n) is 4.57. The van der Waals surface area contributed by atoms with Gasteiger partial charge in [-0.05, 0) is 26.6 Å². The third-order valence-corrected chi connectivity index (χ3v) is 4.57. The van der Waals surface area contributed by atoms with Gasteiger partial charge in [-0.3, -0.25) is 9.69 Å². The highest BCUT2D eigenvalue weighted by atomic mass is 16.5. The molecule has 0 spiro atoms. The monoisotopic (exact) mass is 344 g/mol. The molecule has 134 valence electrons. The summed E-state index contributed by atoms with van der Waals surface area (Å²) in [5, 5.41) is 3.87. The summed E-state index contributed by atoms with van der Waals surface area (Å²) in [7, 11) is 5.48. The van der Waals surface area contributed by atoms with E-state index in [4.69, 9.17) is 9.26 Å². The van der Waals surface area contributed by atoms with Crippen LogP contribution in [0.15, 0.2) is 34.9 Å². The number of hydrogen-bond donors (Lipinski definition) is 0. The van der Waals surface area contributed by atoms with E-state index < -0.39 is 0 Å². The Balaban J connectivity index is 1.91. The predicted octanol–water partition coefficient (Wildman–Crippen LogP) is 1.97. The van der Waals surface area contributed by atoms with Crippen molar-refractivity contribution >= 4 is 5.91 Å². The molecule has 0 saturated carbocycles. The van der Waals surface area contributed by atoms with Gasteiger partial charge < -0.3 is 14.2 Å². The number of carbonyl (C=O) groups excluding carboxylic acids is 1. The number of likely N-dealkylation sites (tertiary alicyclic amines) is 1. The lowest BCUT2D eigenvalue weighted by Crippen LogP contribution is -2.41. The van der Waals surface area contributed by atoms with E-state index in [1.165, 1.54) is 0 Å². The SMILES string of the molecule is CO[C@H]1C[C@H](c2nc(C)no2)N(C(=O)[C@@H](c2ccccc2)N(C)C)C1. The molecule has 2 aromatic rings. The van der Waals surface area contributed by atoms with Crippen molar-refractivity contribution < 1.29 is 14.1 Å². The highest BCUT2D eigenvalue weighted by molar-refractivity contribution is 5.84. The molecule has 1 aromatic carbocycles. The summed E-state index contributed by atoms with van der Waals surface area (Å²) >= 11 is 0. The Kier molecular flexibility index (Phi) is 5.15. The number of amides is 1. The van der Waals surface area contributed by atoms with Gasteiger partial charge in [0.2, 0.25) is 11.8 Å². The van der Waals surface area contributed by atoms with Crippen molar-refractivity contribution in [2.75, 3.05) is 27.7 Å². The van der Waals surface area contributed by atoms with E-state index in [1.807, 2.05) is 49.3 Å². The Morgan fingerprint density at radius 2 is 2.08 bits per heavy atom. The van der Waals surface area contributed by atoms with E-state index in [1.54, 1.807) is 18.9 Å². The molecule has 7 heteroatoms. The summed E-state index contributed by atoms with van der Waals surface area (Å²) in [6.45, 7) is 2.28. The lowest BCUT2D eigenvalue weighted by molar-refractivity contribution is -0.138. The lowest BCUT2D eigenvalue weighted by Gasteiger charge is -2.30. The van der Waals surface area contributed by atoms with E-state index in [9.17, 15) is 4.79 Å². The van der Waals surface area contributed by atoms with Crippen molar-refractivity contribution in [3.8, 4) is 0 Å². The normalized spacial score (nSPS) is 21.7. The van der Waals surface area contributed by atoms with Crippen LogP contribution in [0.25, 0.3) is 0 Å². The van der Waals surface area contributed by atoms with Gasteiger partial charge in [0.05, 0.1) is 6.10 Å².